The van der Waals surface area contributed by atoms with E-state index < -0.39 is 0 Å². The van der Waals surface area contributed by atoms with Crippen LogP contribution in [-0.4, -0.2) is 4.98 Å². The molecule has 0 aliphatic rings. The van der Waals surface area contributed by atoms with E-state index in [4.69, 9.17) is 23.2 Å². The Kier molecular flexibility index (Phi) is 5.77. The van der Waals surface area contributed by atoms with Gasteiger partial charge in [0.1, 0.15) is 16.6 Å². The van der Waals surface area contributed by atoms with Gasteiger partial charge >= 0.3 is 0 Å². The Bertz CT molecular complexity index is 975. The van der Waals surface area contributed by atoms with Crippen LogP contribution in [0.3, 0.4) is 0 Å². The SMILES string of the molecule is N#C/C(=C\Nc1ccc(Cl)c(Cl)c1)c1nc(-c2ccc(Br)cc2)cs1. The van der Waals surface area contributed by atoms with Gasteiger partial charge in [-0.3, -0.25) is 0 Å². The first kappa shape index (κ1) is 18.0. The number of hydrogen-bond acceptors (Lipinski definition) is 4. The molecule has 1 aromatic heterocycles. The number of halogens is 3. The summed E-state index contributed by atoms with van der Waals surface area (Å²) in [6, 6.07) is 15.2. The Hall–Kier alpha value is -1.84. The summed E-state index contributed by atoms with van der Waals surface area (Å²) in [6.45, 7) is 0. The number of benzene rings is 2. The molecule has 0 aliphatic heterocycles. The van der Waals surface area contributed by atoms with Crippen molar-refractivity contribution >= 4 is 61.7 Å². The van der Waals surface area contributed by atoms with Gasteiger partial charge < -0.3 is 5.32 Å². The van der Waals surface area contributed by atoms with Crippen LogP contribution in [0.25, 0.3) is 16.8 Å². The van der Waals surface area contributed by atoms with Crippen LogP contribution in [0.5, 0.6) is 0 Å². The molecule has 0 fully saturated rings. The van der Waals surface area contributed by atoms with Crippen LogP contribution >= 0.6 is 50.5 Å². The van der Waals surface area contributed by atoms with Gasteiger partial charge in [-0.25, -0.2) is 4.98 Å². The van der Waals surface area contributed by atoms with E-state index >= 15 is 0 Å². The second-order valence-electron chi connectivity index (χ2n) is 4.99. The summed E-state index contributed by atoms with van der Waals surface area (Å²) in [7, 11) is 0. The van der Waals surface area contributed by atoms with Gasteiger partial charge in [0.05, 0.1) is 15.7 Å². The summed E-state index contributed by atoms with van der Waals surface area (Å²) in [4.78, 5) is 4.55. The molecule has 0 spiro atoms. The maximum atomic E-state index is 9.43. The van der Waals surface area contributed by atoms with Crippen molar-refractivity contribution in [2.24, 2.45) is 0 Å². The van der Waals surface area contributed by atoms with Crippen molar-refractivity contribution in [3.05, 3.63) is 73.6 Å². The molecule has 1 heterocycles. The first-order chi connectivity index (χ1) is 12.1. The number of aromatic nitrogens is 1. The van der Waals surface area contributed by atoms with Gasteiger partial charge in [0.25, 0.3) is 0 Å². The Labute approximate surface area is 167 Å². The summed E-state index contributed by atoms with van der Waals surface area (Å²) in [6.07, 6.45) is 1.61. The Balaban J connectivity index is 1.82. The quantitative estimate of drug-likeness (QED) is 0.441. The molecule has 0 bridgehead atoms. The minimum absolute atomic E-state index is 0.444. The molecule has 0 radical (unpaired) electrons. The Morgan fingerprint density at radius 3 is 2.60 bits per heavy atom. The zero-order valence-electron chi connectivity index (χ0n) is 12.6. The van der Waals surface area contributed by atoms with E-state index in [1.54, 1.807) is 24.4 Å². The van der Waals surface area contributed by atoms with E-state index in [0.717, 1.165) is 21.4 Å². The minimum atomic E-state index is 0.444. The van der Waals surface area contributed by atoms with Crippen LogP contribution in [0, 0.1) is 11.3 Å². The zero-order chi connectivity index (χ0) is 17.8. The summed E-state index contributed by atoms with van der Waals surface area (Å²) >= 11 is 16.7. The number of thiazole rings is 1. The van der Waals surface area contributed by atoms with Crippen LogP contribution < -0.4 is 5.32 Å². The molecule has 3 rings (SSSR count). The average molecular weight is 451 g/mol. The molecule has 25 heavy (non-hydrogen) atoms. The first-order valence-corrected chi connectivity index (χ1v) is 9.53. The lowest BCUT2D eigenvalue weighted by molar-refractivity contribution is 1.36. The smallest absolute Gasteiger partial charge is 0.136 e. The highest BCUT2D eigenvalue weighted by Gasteiger charge is 2.09. The average Bonchev–Trinajstić information content (AvgIpc) is 3.09. The highest BCUT2D eigenvalue weighted by molar-refractivity contribution is 9.10. The molecule has 0 amide bonds. The van der Waals surface area contributed by atoms with Gasteiger partial charge in [0.2, 0.25) is 0 Å². The molecular formula is C18H10BrCl2N3S. The highest BCUT2D eigenvalue weighted by atomic mass is 79.9. The number of hydrogen-bond donors (Lipinski definition) is 1. The van der Waals surface area contributed by atoms with E-state index in [9.17, 15) is 5.26 Å². The molecule has 0 saturated heterocycles. The molecule has 124 valence electrons. The fourth-order valence-corrected chi connectivity index (χ4v) is 3.39. The van der Waals surface area contributed by atoms with Crippen LogP contribution in [0.1, 0.15) is 5.01 Å². The zero-order valence-corrected chi connectivity index (χ0v) is 16.5. The number of allylic oxidation sites excluding steroid dienone is 1. The molecule has 0 saturated carbocycles. The predicted octanol–water partition coefficient (Wildman–Crippen LogP) is 6.86. The summed E-state index contributed by atoms with van der Waals surface area (Å²) < 4.78 is 1.01. The molecule has 0 unspecified atom stereocenters. The van der Waals surface area contributed by atoms with Crippen LogP contribution in [-0.2, 0) is 0 Å². The number of rotatable bonds is 4. The third-order valence-corrected chi connectivity index (χ3v) is 5.44. The topological polar surface area (TPSA) is 48.7 Å². The van der Waals surface area contributed by atoms with Gasteiger partial charge in [-0.1, -0.05) is 51.3 Å². The molecular weight excluding hydrogens is 441 g/mol. The van der Waals surface area contributed by atoms with Gasteiger partial charge in [-0.2, -0.15) is 5.26 Å². The second-order valence-corrected chi connectivity index (χ2v) is 7.58. The number of nitrogens with zero attached hydrogens (tertiary/aromatic N) is 2. The maximum absolute atomic E-state index is 9.43. The lowest BCUT2D eigenvalue weighted by Crippen LogP contribution is -1.91. The fraction of sp³-hybridized carbons (Fsp3) is 0. The van der Waals surface area contributed by atoms with Crippen molar-refractivity contribution in [1.29, 1.82) is 5.26 Å². The molecule has 0 aliphatic carbocycles. The monoisotopic (exact) mass is 449 g/mol. The lowest BCUT2D eigenvalue weighted by atomic mass is 10.2. The van der Waals surface area contributed by atoms with Gasteiger partial charge in [0, 0.05) is 27.3 Å². The van der Waals surface area contributed by atoms with E-state index in [1.165, 1.54) is 11.3 Å². The van der Waals surface area contributed by atoms with E-state index in [2.05, 4.69) is 32.3 Å². The Morgan fingerprint density at radius 2 is 1.92 bits per heavy atom. The molecule has 1 N–H and O–H groups in total. The van der Waals surface area contributed by atoms with E-state index in [0.29, 0.717) is 20.6 Å². The van der Waals surface area contributed by atoms with Crippen molar-refractivity contribution < 1.29 is 0 Å². The Morgan fingerprint density at radius 1 is 1.16 bits per heavy atom. The maximum Gasteiger partial charge on any atom is 0.136 e. The van der Waals surface area contributed by atoms with Crippen LogP contribution in [0.4, 0.5) is 5.69 Å². The van der Waals surface area contributed by atoms with Crippen molar-refractivity contribution in [3.8, 4) is 17.3 Å². The largest absolute Gasteiger partial charge is 0.360 e. The summed E-state index contributed by atoms with van der Waals surface area (Å²) in [5.74, 6) is 0. The highest BCUT2D eigenvalue weighted by Crippen LogP contribution is 2.28. The van der Waals surface area contributed by atoms with Crippen LogP contribution in [0.2, 0.25) is 10.0 Å². The second kappa shape index (κ2) is 8.03. The molecule has 3 nitrogen and oxygen atoms in total. The van der Waals surface area contributed by atoms with Gasteiger partial charge in [-0.05, 0) is 30.3 Å². The standard InChI is InChI=1S/C18H10BrCl2N3S/c19-13-3-1-11(2-4-13)17-10-25-18(24-17)12(8-22)9-23-14-5-6-15(20)16(21)7-14/h1-7,9-10,23H/b12-9+. The minimum Gasteiger partial charge on any atom is -0.360 e. The third-order valence-electron chi connectivity index (χ3n) is 3.30. The van der Waals surface area contributed by atoms with Gasteiger partial charge in [0.15, 0.2) is 0 Å². The summed E-state index contributed by atoms with van der Waals surface area (Å²) in [5.41, 5.74) is 3.02. The van der Waals surface area contributed by atoms with E-state index in [-0.39, 0.29) is 0 Å². The summed E-state index contributed by atoms with van der Waals surface area (Å²) in [5, 5.41) is 16.0. The predicted molar refractivity (Wildman–Crippen MR) is 109 cm³/mol. The number of anilines is 1. The normalized spacial score (nSPS) is 11.2. The van der Waals surface area contributed by atoms with Crippen molar-refractivity contribution in [1.82, 2.24) is 4.98 Å². The van der Waals surface area contributed by atoms with Crippen molar-refractivity contribution in [3.63, 3.8) is 0 Å². The van der Waals surface area contributed by atoms with Crippen LogP contribution in [0.15, 0.2) is 58.5 Å². The lowest BCUT2D eigenvalue weighted by Gasteiger charge is -2.03. The first-order valence-electron chi connectivity index (χ1n) is 7.10. The fourth-order valence-electron chi connectivity index (χ4n) is 2.03. The molecule has 0 atom stereocenters. The van der Waals surface area contributed by atoms with E-state index in [1.807, 2.05) is 29.6 Å². The molecule has 2 aromatic carbocycles. The molecule has 3 aromatic rings. The molecule has 7 heteroatoms. The number of nitriles is 1. The van der Waals surface area contributed by atoms with Gasteiger partial charge in [-0.15, -0.1) is 11.3 Å². The number of nitrogens with one attached hydrogen (secondary N) is 1. The van der Waals surface area contributed by atoms with Crippen molar-refractivity contribution in [2.45, 2.75) is 0 Å². The van der Waals surface area contributed by atoms with Crippen molar-refractivity contribution in [2.75, 3.05) is 5.32 Å². The third kappa shape index (κ3) is 4.42.